The molecule has 0 aromatic heterocycles. The van der Waals surface area contributed by atoms with Gasteiger partial charge in [-0.05, 0) is 53.6 Å². The molecule has 0 saturated heterocycles. The molecule has 4 heteroatoms. The molecular formula is C23H15BrClNO. The maximum atomic E-state index is 13.2. The van der Waals surface area contributed by atoms with E-state index in [1.54, 1.807) is 4.90 Å². The van der Waals surface area contributed by atoms with Crippen LogP contribution in [-0.4, -0.2) is 5.91 Å². The van der Waals surface area contributed by atoms with Gasteiger partial charge in [0.05, 0.1) is 11.4 Å². The summed E-state index contributed by atoms with van der Waals surface area (Å²) in [6.45, 7) is 0. The Hall–Kier alpha value is -2.62. The van der Waals surface area contributed by atoms with E-state index in [1.165, 1.54) is 0 Å². The highest BCUT2D eigenvalue weighted by Crippen LogP contribution is 2.36. The largest absolute Gasteiger partial charge is 0.276 e. The summed E-state index contributed by atoms with van der Waals surface area (Å²) in [5.74, 6) is -0.0538. The van der Waals surface area contributed by atoms with Crippen molar-refractivity contribution in [1.82, 2.24) is 0 Å². The van der Waals surface area contributed by atoms with Crippen LogP contribution in [0, 0.1) is 0 Å². The molecule has 0 unspecified atom stereocenters. The van der Waals surface area contributed by atoms with Crippen LogP contribution in [0.5, 0.6) is 0 Å². The zero-order chi connectivity index (χ0) is 18.8. The number of amides is 1. The molecule has 132 valence electrons. The summed E-state index contributed by atoms with van der Waals surface area (Å²) in [6, 6.07) is 25.1. The second-order valence-corrected chi connectivity index (χ2v) is 7.52. The molecule has 0 aliphatic carbocycles. The van der Waals surface area contributed by atoms with Crippen LogP contribution in [0.3, 0.4) is 0 Å². The van der Waals surface area contributed by atoms with Crippen LogP contribution in [0.4, 0.5) is 5.69 Å². The van der Waals surface area contributed by atoms with Crippen LogP contribution in [0.2, 0.25) is 5.02 Å². The Bertz CT molecular complexity index is 1060. The molecule has 1 heterocycles. The third kappa shape index (κ3) is 3.75. The Kier molecular flexibility index (Phi) is 4.97. The minimum Gasteiger partial charge on any atom is -0.276 e. The smallest absolute Gasteiger partial charge is 0.262 e. The van der Waals surface area contributed by atoms with Crippen LogP contribution in [-0.2, 0) is 4.79 Å². The van der Waals surface area contributed by atoms with Crippen molar-refractivity contribution < 1.29 is 4.79 Å². The van der Waals surface area contributed by atoms with Gasteiger partial charge in [-0.25, -0.2) is 0 Å². The molecule has 0 fully saturated rings. The number of anilines is 1. The van der Waals surface area contributed by atoms with E-state index < -0.39 is 0 Å². The fourth-order valence-electron chi connectivity index (χ4n) is 3.05. The first-order valence-corrected chi connectivity index (χ1v) is 9.63. The summed E-state index contributed by atoms with van der Waals surface area (Å²) < 4.78 is 0.926. The Morgan fingerprint density at radius 2 is 1.63 bits per heavy atom. The first-order valence-electron chi connectivity index (χ1n) is 8.46. The number of nitrogens with zero attached hydrogens (tertiary/aromatic N) is 1. The molecule has 3 aromatic carbocycles. The lowest BCUT2D eigenvalue weighted by atomic mass is 10.1. The minimum absolute atomic E-state index is 0.0538. The van der Waals surface area contributed by atoms with Crippen molar-refractivity contribution in [2.45, 2.75) is 0 Å². The molecule has 4 rings (SSSR count). The van der Waals surface area contributed by atoms with Crippen LogP contribution in [0.15, 0.2) is 95.0 Å². The van der Waals surface area contributed by atoms with Crippen LogP contribution >= 0.6 is 27.5 Å². The van der Waals surface area contributed by atoms with Gasteiger partial charge in [0.25, 0.3) is 5.91 Å². The van der Waals surface area contributed by atoms with Gasteiger partial charge in [0.15, 0.2) is 0 Å². The number of hydrogen-bond donors (Lipinski definition) is 0. The number of carbonyl (C=O) groups is 1. The number of halogens is 2. The van der Waals surface area contributed by atoms with Crippen LogP contribution in [0.1, 0.15) is 11.1 Å². The molecule has 27 heavy (non-hydrogen) atoms. The molecule has 0 saturated carbocycles. The molecule has 0 radical (unpaired) electrons. The van der Waals surface area contributed by atoms with E-state index in [4.69, 9.17) is 11.6 Å². The third-order valence-electron chi connectivity index (χ3n) is 4.31. The summed E-state index contributed by atoms with van der Waals surface area (Å²) in [7, 11) is 0. The zero-order valence-corrected chi connectivity index (χ0v) is 16.6. The van der Waals surface area contributed by atoms with Gasteiger partial charge in [-0.2, -0.15) is 0 Å². The van der Waals surface area contributed by atoms with Crippen LogP contribution < -0.4 is 4.90 Å². The fraction of sp³-hybridized carbons (Fsp3) is 0. The lowest BCUT2D eigenvalue weighted by Crippen LogP contribution is -2.24. The monoisotopic (exact) mass is 435 g/mol. The number of benzene rings is 3. The first kappa shape index (κ1) is 17.8. The van der Waals surface area contributed by atoms with E-state index in [1.807, 2.05) is 91.0 Å². The van der Waals surface area contributed by atoms with Crippen molar-refractivity contribution >= 4 is 50.9 Å². The summed E-state index contributed by atoms with van der Waals surface area (Å²) >= 11 is 9.46. The number of carbonyl (C=O) groups excluding carboxylic acids is 1. The Balaban J connectivity index is 1.82. The molecule has 1 aliphatic rings. The predicted molar refractivity (Wildman–Crippen MR) is 115 cm³/mol. The highest BCUT2D eigenvalue weighted by molar-refractivity contribution is 9.10. The van der Waals surface area contributed by atoms with E-state index in [0.717, 1.165) is 27.0 Å². The van der Waals surface area contributed by atoms with E-state index in [-0.39, 0.29) is 5.91 Å². The van der Waals surface area contributed by atoms with E-state index in [2.05, 4.69) is 15.9 Å². The lowest BCUT2D eigenvalue weighted by Gasteiger charge is -2.21. The molecule has 0 N–H and O–H groups in total. The SMILES string of the molecule is O=C1/C(=C/c2ccc(Cl)cc2)C=C(c2ccccc2)N1c1cccc(Br)c1. The van der Waals surface area contributed by atoms with Crippen molar-refractivity contribution in [3.63, 3.8) is 0 Å². The van der Waals surface area contributed by atoms with Crippen molar-refractivity contribution in [2.75, 3.05) is 4.90 Å². The van der Waals surface area contributed by atoms with Crippen molar-refractivity contribution in [3.05, 3.63) is 111 Å². The van der Waals surface area contributed by atoms with Crippen molar-refractivity contribution in [2.24, 2.45) is 0 Å². The van der Waals surface area contributed by atoms with Gasteiger partial charge in [0, 0.05) is 15.1 Å². The van der Waals surface area contributed by atoms with Gasteiger partial charge in [-0.15, -0.1) is 0 Å². The molecule has 3 aromatic rings. The second kappa shape index (κ2) is 7.55. The van der Waals surface area contributed by atoms with Crippen molar-refractivity contribution in [1.29, 1.82) is 0 Å². The van der Waals surface area contributed by atoms with Gasteiger partial charge in [0.1, 0.15) is 0 Å². The molecule has 0 atom stereocenters. The molecule has 0 bridgehead atoms. The fourth-order valence-corrected chi connectivity index (χ4v) is 3.56. The highest BCUT2D eigenvalue weighted by Gasteiger charge is 2.30. The molecule has 1 amide bonds. The summed E-state index contributed by atoms with van der Waals surface area (Å²) in [4.78, 5) is 15.0. The molecule has 1 aliphatic heterocycles. The quantitative estimate of drug-likeness (QED) is 0.425. The topological polar surface area (TPSA) is 20.3 Å². The predicted octanol–water partition coefficient (Wildman–Crippen LogP) is 6.57. The third-order valence-corrected chi connectivity index (χ3v) is 5.06. The summed E-state index contributed by atoms with van der Waals surface area (Å²) in [5, 5.41) is 0.672. The second-order valence-electron chi connectivity index (χ2n) is 6.17. The van der Waals surface area contributed by atoms with Gasteiger partial charge in [-0.1, -0.05) is 76.1 Å². The lowest BCUT2D eigenvalue weighted by molar-refractivity contribution is -0.113. The average Bonchev–Trinajstić information content (AvgIpc) is 3.01. The first-order chi connectivity index (χ1) is 13.1. The Labute approximate surface area is 171 Å². The Morgan fingerprint density at radius 3 is 2.33 bits per heavy atom. The minimum atomic E-state index is -0.0538. The normalized spacial score (nSPS) is 15.3. The zero-order valence-electron chi connectivity index (χ0n) is 14.3. The van der Waals surface area contributed by atoms with E-state index in [9.17, 15) is 4.79 Å². The molecule has 0 spiro atoms. The number of hydrogen-bond acceptors (Lipinski definition) is 1. The van der Waals surface area contributed by atoms with Crippen molar-refractivity contribution in [3.8, 4) is 0 Å². The van der Waals surface area contributed by atoms with Gasteiger partial charge in [-0.3, -0.25) is 9.69 Å². The summed E-state index contributed by atoms with van der Waals surface area (Å²) in [6.07, 6.45) is 3.83. The number of rotatable bonds is 3. The maximum Gasteiger partial charge on any atom is 0.262 e. The Morgan fingerprint density at radius 1 is 0.889 bits per heavy atom. The maximum absolute atomic E-state index is 13.2. The van der Waals surface area contributed by atoms with Gasteiger partial charge < -0.3 is 0 Å². The van der Waals surface area contributed by atoms with E-state index in [0.29, 0.717) is 10.6 Å². The average molecular weight is 437 g/mol. The highest BCUT2D eigenvalue weighted by atomic mass is 79.9. The van der Waals surface area contributed by atoms with Gasteiger partial charge in [0.2, 0.25) is 0 Å². The van der Waals surface area contributed by atoms with Crippen LogP contribution in [0.25, 0.3) is 11.8 Å². The molecule has 2 nitrogen and oxygen atoms in total. The molecular weight excluding hydrogens is 422 g/mol. The summed E-state index contributed by atoms with van der Waals surface area (Å²) in [5.41, 5.74) is 4.24. The standard InChI is InChI=1S/C23H15BrClNO/c24-19-7-4-8-21(15-19)26-22(17-5-2-1-3-6-17)14-18(23(26)27)13-16-9-11-20(25)12-10-16/h1-15H/b18-13+. The van der Waals surface area contributed by atoms with E-state index >= 15 is 0 Å². The van der Waals surface area contributed by atoms with Gasteiger partial charge >= 0.3 is 0 Å².